The molecule has 1 aromatic rings. The first kappa shape index (κ1) is 16.5. The van der Waals surface area contributed by atoms with E-state index in [1.165, 1.54) is 30.4 Å². The van der Waals surface area contributed by atoms with E-state index in [-0.39, 0.29) is 5.60 Å². The molecule has 1 aromatic carbocycles. The molecule has 1 fully saturated rings. The van der Waals surface area contributed by atoms with Crippen LogP contribution in [0, 0.1) is 0 Å². The van der Waals surface area contributed by atoms with Crippen molar-refractivity contribution in [1.82, 2.24) is 5.32 Å². The summed E-state index contributed by atoms with van der Waals surface area (Å²) in [5.74, 6) is -0.428. The molecule has 126 valence electrons. The molecular formula is C19H27NO3. The van der Waals surface area contributed by atoms with E-state index in [0.29, 0.717) is 11.5 Å². The first-order valence-electron chi connectivity index (χ1n) is 8.75. The third-order valence-electron chi connectivity index (χ3n) is 5.62. The second-order valence-corrected chi connectivity index (χ2v) is 7.03. The van der Waals surface area contributed by atoms with Crippen LogP contribution in [-0.2, 0) is 11.2 Å². The average molecular weight is 317 g/mol. The summed E-state index contributed by atoms with van der Waals surface area (Å²) in [5, 5.41) is 12.8. The van der Waals surface area contributed by atoms with Gasteiger partial charge in [0.15, 0.2) is 0 Å². The van der Waals surface area contributed by atoms with E-state index in [4.69, 9.17) is 4.74 Å². The molecule has 0 heterocycles. The van der Waals surface area contributed by atoms with Gasteiger partial charge in [-0.05, 0) is 61.3 Å². The van der Waals surface area contributed by atoms with Crippen molar-refractivity contribution in [3.63, 3.8) is 0 Å². The van der Waals surface area contributed by atoms with Gasteiger partial charge >= 0.3 is 5.97 Å². The van der Waals surface area contributed by atoms with Gasteiger partial charge in [0.05, 0.1) is 11.2 Å². The molecule has 2 N–H and O–H groups in total. The third-order valence-corrected chi connectivity index (χ3v) is 5.62. The fourth-order valence-electron chi connectivity index (χ4n) is 4.19. The SMILES string of the molecule is COC1(CNCC2CCCc3ccc(C(=O)O)cc32)CCCC1. The fraction of sp³-hybridized carbons (Fsp3) is 0.632. The number of ether oxygens (including phenoxy) is 1. The van der Waals surface area contributed by atoms with Gasteiger partial charge in [0.1, 0.15) is 0 Å². The molecule has 1 saturated carbocycles. The highest BCUT2D eigenvalue weighted by Gasteiger charge is 2.33. The van der Waals surface area contributed by atoms with Gasteiger partial charge in [0.25, 0.3) is 0 Å². The lowest BCUT2D eigenvalue weighted by Gasteiger charge is -2.30. The fourth-order valence-corrected chi connectivity index (χ4v) is 4.19. The summed E-state index contributed by atoms with van der Waals surface area (Å²) < 4.78 is 5.77. The molecule has 0 aromatic heterocycles. The minimum atomic E-state index is -0.839. The average Bonchev–Trinajstić information content (AvgIpc) is 3.04. The van der Waals surface area contributed by atoms with E-state index in [1.807, 2.05) is 19.2 Å². The van der Waals surface area contributed by atoms with Gasteiger partial charge in [-0.15, -0.1) is 0 Å². The molecule has 0 radical (unpaired) electrons. The number of benzene rings is 1. The van der Waals surface area contributed by atoms with Gasteiger partial charge in [0, 0.05) is 20.2 Å². The summed E-state index contributed by atoms with van der Waals surface area (Å²) >= 11 is 0. The molecule has 0 bridgehead atoms. The van der Waals surface area contributed by atoms with Gasteiger partial charge in [-0.1, -0.05) is 18.9 Å². The number of aryl methyl sites for hydroxylation is 1. The summed E-state index contributed by atoms with van der Waals surface area (Å²) in [7, 11) is 1.82. The van der Waals surface area contributed by atoms with Crippen molar-refractivity contribution in [3.8, 4) is 0 Å². The van der Waals surface area contributed by atoms with E-state index in [9.17, 15) is 9.90 Å². The maximum absolute atomic E-state index is 11.2. The van der Waals surface area contributed by atoms with Crippen molar-refractivity contribution >= 4 is 5.97 Å². The van der Waals surface area contributed by atoms with E-state index in [2.05, 4.69) is 5.32 Å². The third kappa shape index (κ3) is 3.59. The zero-order valence-electron chi connectivity index (χ0n) is 13.9. The topological polar surface area (TPSA) is 58.6 Å². The van der Waals surface area contributed by atoms with Crippen LogP contribution >= 0.6 is 0 Å². The first-order chi connectivity index (χ1) is 11.1. The van der Waals surface area contributed by atoms with Gasteiger partial charge in [0.2, 0.25) is 0 Å². The molecule has 1 unspecified atom stereocenters. The number of carbonyl (C=O) groups is 1. The maximum Gasteiger partial charge on any atom is 0.335 e. The Kier molecular flexibility index (Phi) is 5.02. The summed E-state index contributed by atoms with van der Waals surface area (Å²) in [6.45, 7) is 1.80. The smallest absolute Gasteiger partial charge is 0.335 e. The number of rotatable bonds is 6. The Hall–Kier alpha value is -1.39. The van der Waals surface area contributed by atoms with Crippen LogP contribution in [0.1, 0.15) is 65.9 Å². The highest BCUT2D eigenvalue weighted by Crippen LogP contribution is 2.34. The van der Waals surface area contributed by atoms with Crippen molar-refractivity contribution in [2.24, 2.45) is 0 Å². The van der Waals surface area contributed by atoms with Crippen molar-refractivity contribution in [2.75, 3.05) is 20.2 Å². The highest BCUT2D eigenvalue weighted by molar-refractivity contribution is 5.88. The largest absolute Gasteiger partial charge is 0.478 e. The lowest BCUT2D eigenvalue weighted by Crippen LogP contribution is -2.41. The van der Waals surface area contributed by atoms with Gasteiger partial charge in [-0.2, -0.15) is 0 Å². The highest BCUT2D eigenvalue weighted by atomic mass is 16.5. The molecule has 0 saturated heterocycles. The van der Waals surface area contributed by atoms with Gasteiger partial charge in [-0.25, -0.2) is 4.79 Å². The minimum Gasteiger partial charge on any atom is -0.478 e. The predicted molar refractivity (Wildman–Crippen MR) is 90.2 cm³/mol. The van der Waals surface area contributed by atoms with Gasteiger partial charge in [-0.3, -0.25) is 0 Å². The summed E-state index contributed by atoms with van der Waals surface area (Å²) in [4.78, 5) is 11.2. The van der Waals surface area contributed by atoms with Crippen LogP contribution in [0.3, 0.4) is 0 Å². The summed E-state index contributed by atoms with van der Waals surface area (Å²) in [6, 6.07) is 5.61. The Morgan fingerprint density at radius 2 is 2.13 bits per heavy atom. The zero-order valence-corrected chi connectivity index (χ0v) is 13.9. The lowest BCUT2D eigenvalue weighted by molar-refractivity contribution is -0.00338. The van der Waals surface area contributed by atoms with Crippen LogP contribution in [0.4, 0.5) is 0 Å². The van der Waals surface area contributed by atoms with Crippen LogP contribution in [0.5, 0.6) is 0 Å². The normalized spacial score (nSPS) is 22.7. The molecule has 4 heteroatoms. The van der Waals surface area contributed by atoms with Crippen LogP contribution in [-0.4, -0.2) is 36.9 Å². The monoisotopic (exact) mass is 317 g/mol. The molecule has 4 nitrogen and oxygen atoms in total. The minimum absolute atomic E-state index is 0.0143. The number of hydrogen-bond acceptors (Lipinski definition) is 3. The molecule has 2 aliphatic carbocycles. The molecule has 2 aliphatic rings. The number of carboxylic acid groups (broad SMARTS) is 1. The molecule has 1 atom stereocenters. The maximum atomic E-state index is 11.2. The second-order valence-electron chi connectivity index (χ2n) is 7.03. The Bertz CT molecular complexity index is 564. The molecule has 0 aliphatic heterocycles. The molecular weight excluding hydrogens is 290 g/mol. The predicted octanol–water partition coefficient (Wildman–Crippen LogP) is 3.35. The first-order valence-corrected chi connectivity index (χ1v) is 8.75. The van der Waals surface area contributed by atoms with Crippen LogP contribution < -0.4 is 5.32 Å². The molecule has 23 heavy (non-hydrogen) atoms. The second kappa shape index (κ2) is 7.02. The van der Waals surface area contributed by atoms with Gasteiger partial charge < -0.3 is 15.2 Å². The molecule has 3 rings (SSSR count). The van der Waals surface area contributed by atoms with Crippen molar-refractivity contribution in [1.29, 1.82) is 0 Å². The standard InChI is InChI=1S/C19H27NO3/c1-23-19(9-2-3-10-19)13-20-12-16-6-4-5-14-7-8-15(18(21)22)11-17(14)16/h7-8,11,16,20H,2-6,9-10,12-13H2,1H3,(H,21,22). The van der Waals surface area contributed by atoms with E-state index in [0.717, 1.165) is 38.8 Å². The van der Waals surface area contributed by atoms with Crippen molar-refractivity contribution in [3.05, 3.63) is 34.9 Å². The van der Waals surface area contributed by atoms with Crippen LogP contribution in [0.15, 0.2) is 18.2 Å². The Balaban J connectivity index is 1.65. The number of hydrogen-bond donors (Lipinski definition) is 2. The zero-order chi connectivity index (χ0) is 16.3. The summed E-state index contributed by atoms with van der Waals surface area (Å²) in [6.07, 6.45) is 8.16. The van der Waals surface area contributed by atoms with Crippen molar-refractivity contribution < 1.29 is 14.6 Å². The van der Waals surface area contributed by atoms with Crippen LogP contribution in [0.2, 0.25) is 0 Å². The number of fused-ring (bicyclic) bond motifs is 1. The Morgan fingerprint density at radius 1 is 1.35 bits per heavy atom. The Labute approximate surface area is 138 Å². The number of methoxy groups -OCH3 is 1. The van der Waals surface area contributed by atoms with Crippen LogP contribution in [0.25, 0.3) is 0 Å². The van der Waals surface area contributed by atoms with E-state index < -0.39 is 5.97 Å². The van der Waals surface area contributed by atoms with E-state index >= 15 is 0 Å². The van der Waals surface area contributed by atoms with E-state index in [1.54, 1.807) is 6.07 Å². The molecule has 0 spiro atoms. The number of carboxylic acids is 1. The molecule has 0 amide bonds. The number of nitrogens with one attached hydrogen (secondary N) is 1. The lowest BCUT2D eigenvalue weighted by atomic mass is 9.82. The Morgan fingerprint density at radius 3 is 2.83 bits per heavy atom. The van der Waals surface area contributed by atoms with Crippen molar-refractivity contribution in [2.45, 2.75) is 56.5 Å². The summed E-state index contributed by atoms with van der Waals surface area (Å²) in [5.41, 5.74) is 2.96. The number of aromatic carboxylic acids is 1. The quantitative estimate of drug-likeness (QED) is 0.845.